The van der Waals surface area contributed by atoms with E-state index in [-0.39, 0.29) is 11.9 Å². The zero-order valence-corrected chi connectivity index (χ0v) is 23.5. The van der Waals surface area contributed by atoms with Crippen molar-refractivity contribution in [2.45, 2.75) is 70.8 Å². The molecule has 4 rings (SSSR count). The smallest absolute Gasteiger partial charge is 0.315 e. The van der Waals surface area contributed by atoms with Crippen molar-refractivity contribution in [2.24, 2.45) is 11.3 Å². The minimum Gasteiger partial charge on any atom is -0.466 e. The van der Waals surface area contributed by atoms with E-state index in [9.17, 15) is 14.4 Å². The molecule has 0 unspecified atom stereocenters. The van der Waals surface area contributed by atoms with E-state index in [2.05, 4.69) is 20.6 Å². The van der Waals surface area contributed by atoms with Gasteiger partial charge >= 0.3 is 12.0 Å². The zero-order chi connectivity index (χ0) is 27.7. The maximum Gasteiger partial charge on any atom is 0.315 e. The number of aromatic amines is 1. The molecule has 2 aromatic rings. The Kier molecular flexibility index (Phi) is 10.3. The second-order valence-electron chi connectivity index (χ2n) is 10.6. The minimum atomic E-state index is -0.747. The summed E-state index contributed by atoms with van der Waals surface area (Å²) in [5, 5.41) is 6.34. The second kappa shape index (κ2) is 13.8. The Morgan fingerprint density at radius 2 is 1.87 bits per heavy atom. The van der Waals surface area contributed by atoms with E-state index in [1.807, 2.05) is 19.1 Å². The number of ether oxygens (including phenoxy) is 1. The summed E-state index contributed by atoms with van der Waals surface area (Å²) >= 11 is 6.06. The number of carbonyl (C=O) groups is 3. The molecule has 10 heteroatoms. The highest BCUT2D eigenvalue weighted by Crippen LogP contribution is 2.47. The van der Waals surface area contributed by atoms with Gasteiger partial charge in [-0.1, -0.05) is 43.0 Å². The molecule has 212 valence electrons. The van der Waals surface area contributed by atoms with Crippen molar-refractivity contribution in [3.05, 3.63) is 53.1 Å². The van der Waals surface area contributed by atoms with Crippen LogP contribution in [-0.4, -0.2) is 65.1 Å². The average Bonchev–Trinajstić information content (AvgIpc) is 3.48. The van der Waals surface area contributed by atoms with Gasteiger partial charge in [0.15, 0.2) is 0 Å². The predicted molar refractivity (Wildman–Crippen MR) is 149 cm³/mol. The predicted octanol–water partition coefficient (Wildman–Crippen LogP) is 4.27. The summed E-state index contributed by atoms with van der Waals surface area (Å²) in [6.45, 7) is 3.54. The number of nitrogens with one attached hydrogen (secondary N) is 3. The third-order valence-corrected chi connectivity index (χ3v) is 8.48. The topological polar surface area (TPSA) is 116 Å². The molecule has 0 radical (unpaired) electrons. The zero-order valence-electron chi connectivity index (χ0n) is 22.7. The molecule has 39 heavy (non-hydrogen) atoms. The molecule has 9 nitrogen and oxygen atoms in total. The molecule has 0 spiro atoms. The molecule has 2 fully saturated rings. The number of esters is 1. The van der Waals surface area contributed by atoms with Crippen LogP contribution in [0.15, 0.2) is 36.8 Å². The molecular weight excluding hydrogens is 518 g/mol. The SMILES string of the molecule is CCOC(=O)C1(C2CCCCC2)CCN(C(=O)[C@H](Cc2ccc(Cl)cc2)NC(=O)NCCc2cnc[nH]2)CC1. The monoisotopic (exact) mass is 557 g/mol. The van der Waals surface area contributed by atoms with E-state index in [4.69, 9.17) is 16.3 Å². The van der Waals surface area contributed by atoms with Crippen molar-refractivity contribution in [3.8, 4) is 0 Å². The van der Waals surface area contributed by atoms with Crippen LogP contribution in [0.2, 0.25) is 5.02 Å². The van der Waals surface area contributed by atoms with Gasteiger partial charge in [0.1, 0.15) is 6.04 Å². The van der Waals surface area contributed by atoms with Gasteiger partial charge < -0.3 is 25.3 Å². The first kappa shape index (κ1) is 28.9. The average molecular weight is 558 g/mol. The molecule has 2 heterocycles. The number of hydrogen-bond acceptors (Lipinski definition) is 5. The third kappa shape index (κ3) is 7.53. The van der Waals surface area contributed by atoms with Crippen LogP contribution in [0.25, 0.3) is 0 Å². The van der Waals surface area contributed by atoms with Crippen LogP contribution in [-0.2, 0) is 27.2 Å². The van der Waals surface area contributed by atoms with Gasteiger partial charge in [-0.05, 0) is 56.2 Å². The standard InChI is InChI=1S/C29H40ClN5O4/c1-2-39-27(37)29(22-6-4-3-5-7-22)13-16-35(17-14-29)26(36)25(18-21-8-10-23(30)11-9-21)34-28(38)32-15-12-24-19-31-20-33-24/h8-11,19-20,22,25H,2-7,12-18H2,1H3,(H,31,33)(H2,32,34,38)/t25-/m0/s1. The fourth-order valence-corrected chi connectivity index (χ4v) is 6.18. The van der Waals surface area contributed by atoms with Gasteiger partial charge in [0.2, 0.25) is 5.91 Å². The van der Waals surface area contributed by atoms with Crippen LogP contribution in [0.3, 0.4) is 0 Å². The summed E-state index contributed by atoms with van der Waals surface area (Å²) in [5.41, 5.74) is 1.28. The van der Waals surface area contributed by atoms with Gasteiger partial charge in [0.05, 0.1) is 18.3 Å². The Morgan fingerprint density at radius 3 is 2.51 bits per heavy atom. The molecule has 1 saturated carbocycles. The van der Waals surface area contributed by atoms with E-state index in [1.165, 1.54) is 6.42 Å². The Bertz CT molecular complexity index is 1080. The number of urea groups is 1. The van der Waals surface area contributed by atoms with Gasteiger partial charge in [-0.3, -0.25) is 9.59 Å². The summed E-state index contributed by atoms with van der Waals surface area (Å²) < 4.78 is 5.56. The van der Waals surface area contributed by atoms with Crippen LogP contribution in [0, 0.1) is 11.3 Å². The van der Waals surface area contributed by atoms with Gasteiger partial charge in [-0.15, -0.1) is 0 Å². The van der Waals surface area contributed by atoms with Crippen LogP contribution in [0.5, 0.6) is 0 Å². The molecule has 3 N–H and O–H groups in total. The summed E-state index contributed by atoms with van der Waals surface area (Å²) in [6.07, 6.45) is 11.0. The number of imidazole rings is 1. The first-order valence-corrected chi connectivity index (χ1v) is 14.5. The van der Waals surface area contributed by atoms with Crippen molar-refractivity contribution in [1.29, 1.82) is 0 Å². The number of nitrogens with zero attached hydrogens (tertiary/aromatic N) is 2. The lowest BCUT2D eigenvalue weighted by atomic mass is 9.63. The normalized spacial score (nSPS) is 18.3. The van der Waals surface area contributed by atoms with E-state index in [1.54, 1.807) is 29.6 Å². The van der Waals surface area contributed by atoms with Crippen LogP contribution in [0.1, 0.15) is 63.1 Å². The summed E-state index contributed by atoms with van der Waals surface area (Å²) in [5.74, 6) is 0.0393. The van der Waals surface area contributed by atoms with Gasteiger partial charge in [0, 0.05) is 49.4 Å². The highest BCUT2D eigenvalue weighted by atomic mass is 35.5. The number of benzene rings is 1. The highest BCUT2D eigenvalue weighted by molar-refractivity contribution is 6.30. The number of rotatable bonds is 10. The molecular formula is C29H40ClN5O4. The third-order valence-electron chi connectivity index (χ3n) is 8.23. The molecule has 0 bridgehead atoms. The lowest BCUT2D eigenvalue weighted by molar-refractivity contribution is -0.166. The molecule has 1 aliphatic carbocycles. The summed E-state index contributed by atoms with van der Waals surface area (Å²) in [4.78, 5) is 48.6. The van der Waals surface area contributed by atoms with Crippen molar-refractivity contribution in [2.75, 3.05) is 26.2 Å². The minimum absolute atomic E-state index is 0.114. The fourth-order valence-electron chi connectivity index (χ4n) is 6.05. The van der Waals surface area contributed by atoms with Crippen molar-refractivity contribution in [3.63, 3.8) is 0 Å². The molecule has 1 aromatic carbocycles. The number of aromatic nitrogens is 2. The van der Waals surface area contributed by atoms with Crippen LogP contribution < -0.4 is 10.6 Å². The number of hydrogen-bond donors (Lipinski definition) is 3. The van der Waals surface area contributed by atoms with Gasteiger partial charge in [-0.2, -0.15) is 0 Å². The molecule has 1 aromatic heterocycles. The summed E-state index contributed by atoms with van der Waals surface area (Å²) in [7, 11) is 0. The van der Waals surface area contributed by atoms with Gasteiger partial charge in [0.25, 0.3) is 0 Å². The number of H-pyrrole nitrogens is 1. The molecule has 1 aliphatic heterocycles. The maximum atomic E-state index is 13.8. The van der Waals surface area contributed by atoms with Crippen LogP contribution >= 0.6 is 11.6 Å². The highest BCUT2D eigenvalue weighted by Gasteiger charge is 2.49. The van der Waals surface area contributed by atoms with Crippen molar-refractivity contribution < 1.29 is 19.1 Å². The Morgan fingerprint density at radius 1 is 1.15 bits per heavy atom. The summed E-state index contributed by atoms with van der Waals surface area (Å²) in [6, 6.07) is 6.14. The molecule has 2 aliphatic rings. The van der Waals surface area contributed by atoms with E-state index < -0.39 is 17.5 Å². The molecule has 3 amide bonds. The van der Waals surface area contributed by atoms with E-state index in [0.717, 1.165) is 36.9 Å². The number of piperidine rings is 1. The lowest BCUT2D eigenvalue weighted by Crippen LogP contribution is -2.56. The van der Waals surface area contributed by atoms with Crippen LogP contribution in [0.4, 0.5) is 4.79 Å². The first-order chi connectivity index (χ1) is 18.9. The van der Waals surface area contributed by atoms with Gasteiger partial charge in [-0.25, -0.2) is 9.78 Å². The number of likely N-dealkylation sites (tertiary alicyclic amines) is 1. The number of amides is 3. The van der Waals surface area contributed by atoms with Crippen molar-refractivity contribution >= 4 is 29.5 Å². The Balaban J connectivity index is 1.42. The fraction of sp³-hybridized carbons (Fsp3) is 0.586. The van der Waals surface area contributed by atoms with Crippen molar-refractivity contribution in [1.82, 2.24) is 25.5 Å². The quantitative estimate of drug-likeness (QED) is 0.377. The maximum absolute atomic E-state index is 13.8. The Hall–Kier alpha value is -3.07. The molecule has 1 saturated heterocycles. The van der Waals surface area contributed by atoms with E-state index >= 15 is 0 Å². The lowest BCUT2D eigenvalue weighted by Gasteiger charge is -2.46. The number of halogens is 1. The first-order valence-electron chi connectivity index (χ1n) is 14.1. The molecule has 1 atom stereocenters. The van der Waals surface area contributed by atoms with E-state index in [0.29, 0.717) is 62.9 Å². The second-order valence-corrected chi connectivity index (χ2v) is 11.1. The Labute approximate surface area is 235 Å². The number of carbonyl (C=O) groups excluding carboxylic acids is 3. The largest absolute Gasteiger partial charge is 0.466 e.